The van der Waals surface area contributed by atoms with Crippen LogP contribution in [-0.2, 0) is 4.79 Å². The summed E-state index contributed by atoms with van der Waals surface area (Å²) in [6.07, 6.45) is 1.56. The van der Waals surface area contributed by atoms with Gasteiger partial charge in [0.25, 0.3) is 5.91 Å². The molecule has 19 heavy (non-hydrogen) atoms. The second-order valence-electron chi connectivity index (χ2n) is 4.05. The van der Waals surface area contributed by atoms with Gasteiger partial charge < -0.3 is 15.4 Å². The van der Waals surface area contributed by atoms with Crippen LogP contribution < -0.4 is 5.32 Å². The number of fused-ring (bicyclic) bond motifs is 1. The van der Waals surface area contributed by atoms with E-state index in [1.807, 2.05) is 6.07 Å². The molecule has 0 spiro atoms. The highest BCUT2D eigenvalue weighted by Gasteiger charge is 2.18. The van der Waals surface area contributed by atoms with Crippen molar-refractivity contribution in [3.05, 3.63) is 32.8 Å². The summed E-state index contributed by atoms with van der Waals surface area (Å²) in [7, 11) is 0. The van der Waals surface area contributed by atoms with Crippen molar-refractivity contribution in [2.45, 2.75) is 13.0 Å². The number of H-pyrrole nitrogens is 1. The van der Waals surface area contributed by atoms with Gasteiger partial charge >= 0.3 is 5.97 Å². The Morgan fingerprint density at radius 2 is 1.95 bits per heavy atom. The minimum Gasteiger partial charge on any atom is -0.480 e. The van der Waals surface area contributed by atoms with E-state index in [1.165, 1.54) is 6.92 Å². The fourth-order valence-corrected chi connectivity index (χ4v) is 2.33. The van der Waals surface area contributed by atoms with Gasteiger partial charge in [-0.1, -0.05) is 0 Å². The summed E-state index contributed by atoms with van der Waals surface area (Å²) < 4.78 is 1.69. The molecule has 0 saturated carbocycles. The predicted molar refractivity (Wildman–Crippen MR) is 78.3 cm³/mol. The minimum atomic E-state index is -1.07. The van der Waals surface area contributed by atoms with E-state index in [1.54, 1.807) is 12.3 Å². The third-order valence-corrected chi connectivity index (χ3v) is 4.53. The Bertz CT molecular complexity index is 666. The first-order chi connectivity index (χ1) is 8.90. The van der Waals surface area contributed by atoms with Gasteiger partial charge in [-0.2, -0.15) is 0 Å². The molecule has 0 saturated heterocycles. The number of amides is 1. The Morgan fingerprint density at radius 1 is 1.32 bits per heavy atom. The highest BCUT2D eigenvalue weighted by molar-refractivity contribution is 9.13. The monoisotopic (exact) mass is 388 g/mol. The Morgan fingerprint density at radius 3 is 2.58 bits per heavy atom. The maximum absolute atomic E-state index is 12.0. The van der Waals surface area contributed by atoms with Crippen LogP contribution in [0, 0.1) is 0 Å². The molecule has 1 aromatic heterocycles. The topological polar surface area (TPSA) is 82.2 Å². The molecule has 3 N–H and O–H groups in total. The van der Waals surface area contributed by atoms with Crippen LogP contribution in [0.25, 0.3) is 10.9 Å². The van der Waals surface area contributed by atoms with Crippen LogP contribution >= 0.6 is 31.9 Å². The molecular formula is C12H10Br2N2O3. The molecule has 2 aromatic rings. The number of aromatic amines is 1. The molecule has 0 aliphatic rings. The van der Waals surface area contributed by atoms with Crippen LogP contribution in [0.1, 0.15) is 17.3 Å². The zero-order chi connectivity index (χ0) is 14.2. The van der Waals surface area contributed by atoms with E-state index >= 15 is 0 Å². The van der Waals surface area contributed by atoms with Gasteiger partial charge in [0, 0.05) is 26.0 Å². The van der Waals surface area contributed by atoms with Crippen molar-refractivity contribution in [3.8, 4) is 0 Å². The number of hydrogen-bond acceptors (Lipinski definition) is 2. The highest BCUT2D eigenvalue weighted by Crippen LogP contribution is 2.30. The second kappa shape index (κ2) is 5.34. The number of rotatable bonds is 3. The number of carboxylic acids is 1. The van der Waals surface area contributed by atoms with Gasteiger partial charge in [0.05, 0.1) is 5.56 Å². The number of carboxylic acid groups (broad SMARTS) is 1. The van der Waals surface area contributed by atoms with Gasteiger partial charge in [-0.05, 0) is 50.9 Å². The average molecular weight is 390 g/mol. The van der Waals surface area contributed by atoms with E-state index in [0.29, 0.717) is 5.56 Å². The van der Waals surface area contributed by atoms with E-state index in [4.69, 9.17) is 5.11 Å². The summed E-state index contributed by atoms with van der Waals surface area (Å²) in [6.45, 7) is 1.42. The molecule has 5 nitrogen and oxygen atoms in total. The summed E-state index contributed by atoms with van der Waals surface area (Å²) >= 11 is 6.75. The molecule has 0 aliphatic heterocycles. The number of benzene rings is 1. The van der Waals surface area contributed by atoms with Crippen molar-refractivity contribution >= 4 is 54.6 Å². The lowest BCUT2D eigenvalue weighted by Gasteiger charge is -2.08. The molecule has 1 aromatic carbocycles. The number of aromatic nitrogens is 1. The van der Waals surface area contributed by atoms with Crippen LogP contribution in [0.5, 0.6) is 0 Å². The van der Waals surface area contributed by atoms with E-state index in [2.05, 4.69) is 42.2 Å². The molecule has 1 atom stereocenters. The maximum atomic E-state index is 12.0. The van der Waals surface area contributed by atoms with Crippen molar-refractivity contribution in [2.75, 3.05) is 0 Å². The van der Waals surface area contributed by atoms with E-state index in [0.717, 1.165) is 19.8 Å². The first-order valence-corrected chi connectivity index (χ1v) is 6.98. The first kappa shape index (κ1) is 14.1. The lowest BCUT2D eigenvalue weighted by molar-refractivity contribution is -0.138. The van der Waals surface area contributed by atoms with E-state index < -0.39 is 17.9 Å². The molecule has 0 radical (unpaired) electrons. The summed E-state index contributed by atoms with van der Waals surface area (Å²) in [5.74, 6) is -1.49. The van der Waals surface area contributed by atoms with Gasteiger partial charge in [-0.3, -0.25) is 9.59 Å². The molecule has 1 amide bonds. The predicted octanol–water partition coefficient (Wildman–Crippen LogP) is 2.90. The molecule has 100 valence electrons. The van der Waals surface area contributed by atoms with Crippen LogP contribution in [0.4, 0.5) is 0 Å². The van der Waals surface area contributed by atoms with E-state index in [-0.39, 0.29) is 0 Å². The quantitative estimate of drug-likeness (QED) is 0.754. The third-order valence-electron chi connectivity index (χ3n) is 2.69. The van der Waals surface area contributed by atoms with Crippen molar-refractivity contribution in [1.82, 2.24) is 10.3 Å². The Labute approximate surface area is 125 Å². The van der Waals surface area contributed by atoms with Crippen LogP contribution in [0.15, 0.2) is 27.3 Å². The third kappa shape index (κ3) is 2.82. The molecule has 0 bridgehead atoms. The number of carbonyl (C=O) groups excluding carboxylic acids is 1. The van der Waals surface area contributed by atoms with E-state index in [9.17, 15) is 9.59 Å². The Balaban J connectivity index is 2.38. The largest absolute Gasteiger partial charge is 0.480 e. The molecular weight excluding hydrogens is 380 g/mol. The van der Waals surface area contributed by atoms with Crippen molar-refractivity contribution in [2.24, 2.45) is 0 Å². The smallest absolute Gasteiger partial charge is 0.325 e. The summed E-state index contributed by atoms with van der Waals surface area (Å²) in [4.78, 5) is 25.7. The lowest BCUT2D eigenvalue weighted by Crippen LogP contribution is -2.38. The number of carbonyl (C=O) groups is 2. The number of halogens is 2. The van der Waals surface area contributed by atoms with Crippen LogP contribution in [0.2, 0.25) is 0 Å². The lowest BCUT2D eigenvalue weighted by atomic mass is 10.1. The fraction of sp³-hybridized carbons (Fsp3) is 0.167. The van der Waals surface area contributed by atoms with Gasteiger partial charge in [0.1, 0.15) is 6.04 Å². The van der Waals surface area contributed by atoms with Gasteiger partial charge in [0.15, 0.2) is 0 Å². The van der Waals surface area contributed by atoms with Crippen molar-refractivity contribution in [3.63, 3.8) is 0 Å². The zero-order valence-electron chi connectivity index (χ0n) is 9.83. The van der Waals surface area contributed by atoms with Crippen molar-refractivity contribution < 1.29 is 14.7 Å². The number of hydrogen-bond donors (Lipinski definition) is 3. The number of aliphatic carboxylic acids is 1. The summed E-state index contributed by atoms with van der Waals surface area (Å²) in [5.41, 5.74) is 1.21. The van der Waals surface area contributed by atoms with Gasteiger partial charge in [0.2, 0.25) is 0 Å². The number of nitrogens with one attached hydrogen (secondary N) is 2. The molecule has 1 heterocycles. The Kier molecular flexibility index (Phi) is 3.96. The SMILES string of the molecule is C[C@H](NC(=O)c1c[nH]c2cc(Br)c(Br)cc12)C(=O)O. The zero-order valence-corrected chi connectivity index (χ0v) is 13.0. The molecule has 2 rings (SSSR count). The van der Waals surface area contributed by atoms with Crippen molar-refractivity contribution in [1.29, 1.82) is 0 Å². The minimum absolute atomic E-state index is 0.413. The average Bonchev–Trinajstić information content (AvgIpc) is 2.72. The molecule has 7 heteroatoms. The molecule has 0 fully saturated rings. The highest BCUT2D eigenvalue weighted by atomic mass is 79.9. The maximum Gasteiger partial charge on any atom is 0.325 e. The normalized spacial score (nSPS) is 12.4. The molecule has 0 unspecified atom stereocenters. The molecule has 0 aliphatic carbocycles. The summed E-state index contributed by atoms with van der Waals surface area (Å²) in [6, 6.07) is 2.71. The van der Waals surface area contributed by atoms with Crippen LogP contribution in [-0.4, -0.2) is 28.0 Å². The van der Waals surface area contributed by atoms with Crippen LogP contribution in [0.3, 0.4) is 0 Å². The Hall–Kier alpha value is -1.34. The standard InChI is InChI=1S/C12H10Br2N2O3/c1-5(12(18)19)16-11(17)7-4-15-10-3-9(14)8(13)2-6(7)10/h2-5,15H,1H3,(H,16,17)(H,18,19)/t5-/m0/s1. The second-order valence-corrected chi connectivity index (χ2v) is 5.76. The van der Waals surface area contributed by atoms with Gasteiger partial charge in [-0.15, -0.1) is 0 Å². The van der Waals surface area contributed by atoms with Gasteiger partial charge in [-0.25, -0.2) is 0 Å². The fourth-order valence-electron chi connectivity index (χ4n) is 1.64. The summed E-state index contributed by atoms with van der Waals surface area (Å²) in [5, 5.41) is 11.9. The first-order valence-electron chi connectivity index (χ1n) is 5.40.